The molecule has 1 aromatic rings. The minimum atomic E-state index is -0.182. The van der Waals surface area contributed by atoms with Crippen LogP contribution in [0.3, 0.4) is 0 Å². The van der Waals surface area contributed by atoms with Crippen molar-refractivity contribution in [1.82, 2.24) is 15.1 Å². The van der Waals surface area contributed by atoms with Gasteiger partial charge in [-0.25, -0.2) is 0 Å². The molecule has 1 aromatic carbocycles. The van der Waals surface area contributed by atoms with E-state index in [1.807, 2.05) is 4.90 Å². The fraction of sp³-hybridized carbons (Fsp3) is 0.619. The van der Waals surface area contributed by atoms with Crippen LogP contribution in [0.2, 0.25) is 5.02 Å². The summed E-state index contributed by atoms with van der Waals surface area (Å²) in [4.78, 5) is 28.6. The smallest absolute Gasteiger partial charge is 0.255 e. The van der Waals surface area contributed by atoms with Crippen molar-refractivity contribution in [2.45, 2.75) is 38.6 Å². The van der Waals surface area contributed by atoms with Crippen LogP contribution >= 0.6 is 11.6 Å². The summed E-state index contributed by atoms with van der Waals surface area (Å²) in [5.41, 5.74) is 6.60. The highest BCUT2D eigenvalue weighted by Gasteiger charge is 2.26. The van der Waals surface area contributed by atoms with Crippen LogP contribution < -0.4 is 15.8 Å². The van der Waals surface area contributed by atoms with E-state index in [-0.39, 0.29) is 17.9 Å². The zero-order chi connectivity index (χ0) is 21.0. The standard InChI is InChI=1S/C21H31ClN4O3/c1-14(27)26-9-3-15(4-10-26)13-25-7-5-16(6-8-25)24-21(28)17-11-18(22)19(23)12-20(17)29-2/h11-12,15-16H,3-10,13,23H2,1-2H3,(H,24,28). The van der Waals surface area contributed by atoms with Gasteiger partial charge in [-0.2, -0.15) is 0 Å². The van der Waals surface area contributed by atoms with Crippen molar-refractivity contribution in [2.75, 3.05) is 45.6 Å². The number of halogens is 1. The van der Waals surface area contributed by atoms with E-state index < -0.39 is 0 Å². The summed E-state index contributed by atoms with van der Waals surface area (Å²) in [6, 6.07) is 3.28. The summed E-state index contributed by atoms with van der Waals surface area (Å²) in [5, 5.41) is 3.46. The second-order valence-electron chi connectivity index (χ2n) is 8.07. The highest BCUT2D eigenvalue weighted by molar-refractivity contribution is 6.33. The van der Waals surface area contributed by atoms with Crippen LogP contribution in [-0.4, -0.2) is 67.5 Å². The van der Waals surface area contributed by atoms with Gasteiger partial charge in [0, 0.05) is 51.8 Å². The third-order valence-corrected chi connectivity index (χ3v) is 6.39. The van der Waals surface area contributed by atoms with Gasteiger partial charge in [0.2, 0.25) is 5.91 Å². The van der Waals surface area contributed by atoms with Crippen LogP contribution in [-0.2, 0) is 4.79 Å². The highest BCUT2D eigenvalue weighted by Crippen LogP contribution is 2.29. The minimum absolute atomic E-state index is 0.138. The number of nitrogens with two attached hydrogens (primary N) is 1. The van der Waals surface area contributed by atoms with Gasteiger partial charge in [-0.3, -0.25) is 9.59 Å². The van der Waals surface area contributed by atoms with E-state index in [0.717, 1.165) is 58.4 Å². The monoisotopic (exact) mass is 422 g/mol. The predicted molar refractivity (Wildman–Crippen MR) is 114 cm³/mol. The number of hydrogen-bond acceptors (Lipinski definition) is 5. The van der Waals surface area contributed by atoms with Crippen molar-refractivity contribution in [3.05, 3.63) is 22.7 Å². The fourth-order valence-electron chi connectivity index (χ4n) is 4.23. The number of ether oxygens (including phenoxy) is 1. The Kier molecular flexibility index (Phi) is 7.24. The number of carbonyl (C=O) groups excluding carboxylic acids is 2. The normalized spacial score (nSPS) is 19.2. The Balaban J connectivity index is 1.46. The van der Waals surface area contributed by atoms with E-state index in [0.29, 0.717) is 27.9 Å². The summed E-state index contributed by atoms with van der Waals surface area (Å²) in [6.45, 7) is 6.41. The minimum Gasteiger partial charge on any atom is -0.496 e. The lowest BCUT2D eigenvalue weighted by molar-refractivity contribution is -0.130. The van der Waals surface area contributed by atoms with E-state index in [2.05, 4.69) is 10.2 Å². The number of hydrogen-bond donors (Lipinski definition) is 2. The Morgan fingerprint density at radius 1 is 1.17 bits per heavy atom. The second kappa shape index (κ2) is 9.67. The van der Waals surface area contributed by atoms with Crippen molar-refractivity contribution in [2.24, 2.45) is 5.92 Å². The first-order chi connectivity index (χ1) is 13.9. The number of carbonyl (C=O) groups is 2. The molecule has 0 saturated carbocycles. The number of nitrogen functional groups attached to an aromatic ring is 1. The molecule has 0 aliphatic carbocycles. The van der Waals surface area contributed by atoms with Crippen LogP contribution in [0.25, 0.3) is 0 Å². The molecule has 2 aliphatic rings. The number of nitrogens with one attached hydrogen (secondary N) is 1. The lowest BCUT2D eigenvalue weighted by Crippen LogP contribution is -2.47. The lowest BCUT2D eigenvalue weighted by Gasteiger charge is -2.37. The van der Waals surface area contributed by atoms with Gasteiger partial charge >= 0.3 is 0 Å². The van der Waals surface area contributed by atoms with Crippen LogP contribution in [0.4, 0.5) is 5.69 Å². The van der Waals surface area contributed by atoms with Gasteiger partial charge in [0.15, 0.2) is 0 Å². The molecule has 0 unspecified atom stereocenters. The largest absolute Gasteiger partial charge is 0.496 e. The van der Waals surface area contributed by atoms with E-state index in [9.17, 15) is 9.59 Å². The first-order valence-corrected chi connectivity index (χ1v) is 10.7. The van der Waals surface area contributed by atoms with Crippen LogP contribution in [0.5, 0.6) is 5.75 Å². The Morgan fingerprint density at radius 3 is 2.41 bits per heavy atom. The molecule has 2 aliphatic heterocycles. The van der Waals surface area contributed by atoms with Gasteiger partial charge < -0.3 is 25.6 Å². The Morgan fingerprint density at radius 2 is 1.83 bits per heavy atom. The van der Waals surface area contributed by atoms with Crippen LogP contribution in [0.1, 0.15) is 43.0 Å². The average Bonchev–Trinajstić information content (AvgIpc) is 2.71. The van der Waals surface area contributed by atoms with Gasteiger partial charge in [0.1, 0.15) is 5.75 Å². The zero-order valence-corrected chi connectivity index (χ0v) is 18.0. The third kappa shape index (κ3) is 5.54. The Hall–Kier alpha value is -1.99. The lowest BCUT2D eigenvalue weighted by atomic mass is 9.94. The quantitative estimate of drug-likeness (QED) is 0.711. The first-order valence-electron chi connectivity index (χ1n) is 10.3. The molecule has 0 spiro atoms. The molecule has 0 bridgehead atoms. The van der Waals surface area contributed by atoms with Gasteiger partial charge in [-0.05, 0) is 37.7 Å². The van der Waals surface area contributed by atoms with Crippen molar-refractivity contribution < 1.29 is 14.3 Å². The van der Waals surface area contributed by atoms with E-state index in [4.69, 9.17) is 22.1 Å². The number of likely N-dealkylation sites (tertiary alicyclic amines) is 2. The summed E-state index contributed by atoms with van der Waals surface area (Å²) in [7, 11) is 1.51. The summed E-state index contributed by atoms with van der Waals surface area (Å²) in [6.07, 6.45) is 3.99. The molecule has 3 N–H and O–H groups in total. The molecule has 8 heteroatoms. The van der Waals surface area contributed by atoms with Crippen molar-refractivity contribution >= 4 is 29.1 Å². The molecule has 0 radical (unpaired) electrons. The highest BCUT2D eigenvalue weighted by atomic mass is 35.5. The molecule has 3 rings (SSSR count). The average molecular weight is 423 g/mol. The van der Waals surface area contributed by atoms with Gasteiger partial charge in [-0.1, -0.05) is 11.6 Å². The summed E-state index contributed by atoms with van der Waals surface area (Å²) >= 11 is 6.08. The third-order valence-electron chi connectivity index (χ3n) is 6.06. The van der Waals surface area contributed by atoms with Crippen molar-refractivity contribution in [3.8, 4) is 5.75 Å². The fourth-order valence-corrected chi connectivity index (χ4v) is 4.40. The topological polar surface area (TPSA) is 87.9 Å². The molecule has 2 amide bonds. The first kappa shape index (κ1) is 21.7. The van der Waals surface area contributed by atoms with E-state index >= 15 is 0 Å². The number of anilines is 1. The van der Waals surface area contributed by atoms with Crippen molar-refractivity contribution in [3.63, 3.8) is 0 Å². The molecule has 2 fully saturated rings. The maximum absolute atomic E-state index is 12.7. The maximum atomic E-state index is 12.7. The summed E-state index contributed by atoms with van der Waals surface area (Å²) < 4.78 is 5.28. The molecule has 160 valence electrons. The predicted octanol–water partition coefficient (Wildman–Crippen LogP) is 2.38. The van der Waals surface area contributed by atoms with Gasteiger partial charge in [0.25, 0.3) is 5.91 Å². The number of benzene rings is 1. The number of methoxy groups -OCH3 is 1. The molecular weight excluding hydrogens is 392 g/mol. The SMILES string of the molecule is COc1cc(N)c(Cl)cc1C(=O)NC1CCN(CC2CCN(C(C)=O)CC2)CC1. The molecule has 29 heavy (non-hydrogen) atoms. The second-order valence-corrected chi connectivity index (χ2v) is 8.48. The van der Waals surface area contributed by atoms with Gasteiger partial charge in [-0.15, -0.1) is 0 Å². The molecular formula is C21H31ClN4O3. The van der Waals surface area contributed by atoms with Gasteiger partial charge in [0.05, 0.1) is 23.4 Å². The maximum Gasteiger partial charge on any atom is 0.255 e. The van der Waals surface area contributed by atoms with Crippen molar-refractivity contribution in [1.29, 1.82) is 0 Å². The molecule has 2 heterocycles. The number of nitrogens with zero attached hydrogens (tertiary/aromatic N) is 2. The Labute approximate surface area is 177 Å². The number of amides is 2. The molecule has 0 atom stereocenters. The molecule has 0 aromatic heterocycles. The molecule has 2 saturated heterocycles. The number of piperidine rings is 2. The molecule has 7 nitrogen and oxygen atoms in total. The Bertz CT molecular complexity index is 742. The van der Waals surface area contributed by atoms with E-state index in [1.54, 1.807) is 19.1 Å². The van der Waals surface area contributed by atoms with E-state index in [1.165, 1.54) is 7.11 Å². The van der Waals surface area contributed by atoms with Crippen LogP contribution in [0, 0.1) is 5.92 Å². The summed E-state index contributed by atoms with van der Waals surface area (Å²) in [5.74, 6) is 1.08. The zero-order valence-electron chi connectivity index (χ0n) is 17.2. The number of rotatable bonds is 5. The van der Waals surface area contributed by atoms with Crippen LogP contribution in [0.15, 0.2) is 12.1 Å².